The van der Waals surface area contributed by atoms with Crippen LogP contribution in [0.1, 0.15) is 15.2 Å². The largest absolute Gasteiger partial charge is 0.497 e. The van der Waals surface area contributed by atoms with Crippen LogP contribution in [0.25, 0.3) is 10.2 Å². The first-order chi connectivity index (χ1) is 13.6. The minimum absolute atomic E-state index is 0.228. The fourth-order valence-electron chi connectivity index (χ4n) is 2.50. The van der Waals surface area contributed by atoms with E-state index in [-0.39, 0.29) is 5.91 Å². The molecular formula is C20H14BrN3O2S2. The standard InChI is InChI=1S/C20H14BrN3O2S2/c1-26-14-7-8-15-17(11-14)28-20(23-15)24(19(25)16-9-10-18(21)27-16)22-12-13-5-3-2-4-6-13/h2-12H,1H3/b22-12+. The first-order valence-electron chi connectivity index (χ1n) is 8.27. The molecule has 1 amide bonds. The van der Waals surface area contributed by atoms with E-state index in [4.69, 9.17) is 4.74 Å². The summed E-state index contributed by atoms with van der Waals surface area (Å²) in [7, 11) is 1.62. The van der Waals surface area contributed by atoms with Gasteiger partial charge < -0.3 is 4.74 Å². The van der Waals surface area contributed by atoms with Crippen LogP contribution in [-0.4, -0.2) is 24.2 Å². The third-order valence-corrected chi connectivity index (χ3v) is 6.47. The van der Waals surface area contributed by atoms with E-state index in [1.807, 2.05) is 54.6 Å². The van der Waals surface area contributed by atoms with Gasteiger partial charge in [-0.25, -0.2) is 4.98 Å². The molecular weight excluding hydrogens is 458 g/mol. The molecule has 0 saturated heterocycles. The van der Waals surface area contributed by atoms with Gasteiger partial charge in [0.1, 0.15) is 5.75 Å². The predicted molar refractivity (Wildman–Crippen MR) is 119 cm³/mol. The van der Waals surface area contributed by atoms with Crippen LogP contribution < -0.4 is 9.75 Å². The van der Waals surface area contributed by atoms with Gasteiger partial charge in [0, 0.05) is 0 Å². The molecule has 8 heteroatoms. The number of thiazole rings is 1. The summed E-state index contributed by atoms with van der Waals surface area (Å²) in [5.41, 5.74) is 1.69. The summed E-state index contributed by atoms with van der Waals surface area (Å²) in [6.45, 7) is 0. The third kappa shape index (κ3) is 3.99. The zero-order chi connectivity index (χ0) is 19.5. The Hall–Kier alpha value is -2.55. The summed E-state index contributed by atoms with van der Waals surface area (Å²) in [4.78, 5) is 18.3. The minimum Gasteiger partial charge on any atom is -0.497 e. The molecule has 0 spiro atoms. The lowest BCUT2D eigenvalue weighted by atomic mass is 10.2. The highest BCUT2D eigenvalue weighted by molar-refractivity contribution is 9.11. The van der Waals surface area contributed by atoms with E-state index < -0.39 is 0 Å². The molecule has 0 aliphatic heterocycles. The van der Waals surface area contributed by atoms with Crippen LogP contribution in [0.15, 0.2) is 69.6 Å². The van der Waals surface area contributed by atoms with Gasteiger partial charge in [-0.1, -0.05) is 41.7 Å². The molecule has 4 rings (SSSR count). The van der Waals surface area contributed by atoms with Crippen molar-refractivity contribution in [2.75, 3.05) is 12.1 Å². The van der Waals surface area contributed by atoms with E-state index in [9.17, 15) is 4.79 Å². The third-order valence-electron chi connectivity index (χ3n) is 3.86. The van der Waals surface area contributed by atoms with Crippen molar-refractivity contribution in [3.8, 4) is 5.75 Å². The highest BCUT2D eigenvalue weighted by atomic mass is 79.9. The molecule has 140 valence electrons. The summed E-state index contributed by atoms with van der Waals surface area (Å²) >= 11 is 6.16. The maximum absolute atomic E-state index is 13.1. The summed E-state index contributed by atoms with van der Waals surface area (Å²) in [5, 5.41) is 6.31. The molecule has 2 aromatic carbocycles. The van der Waals surface area contributed by atoms with Crippen molar-refractivity contribution in [1.29, 1.82) is 0 Å². The van der Waals surface area contributed by atoms with Gasteiger partial charge >= 0.3 is 0 Å². The van der Waals surface area contributed by atoms with Crippen LogP contribution in [-0.2, 0) is 0 Å². The second kappa shape index (κ2) is 8.22. The normalized spacial score (nSPS) is 11.2. The molecule has 5 nitrogen and oxygen atoms in total. The van der Waals surface area contributed by atoms with Gasteiger partial charge in [-0.3, -0.25) is 4.79 Å². The molecule has 2 aromatic heterocycles. The second-order valence-corrected chi connectivity index (χ2v) is 9.18. The zero-order valence-electron chi connectivity index (χ0n) is 14.7. The molecule has 0 fully saturated rings. The number of thiophene rings is 1. The van der Waals surface area contributed by atoms with E-state index in [0.29, 0.717) is 10.0 Å². The number of benzene rings is 2. The fraction of sp³-hybridized carbons (Fsp3) is 0.0500. The average molecular weight is 472 g/mol. The molecule has 0 N–H and O–H groups in total. The number of hydrogen-bond acceptors (Lipinski definition) is 6. The van der Waals surface area contributed by atoms with Gasteiger partial charge in [0.25, 0.3) is 5.91 Å². The first-order valence-corrected chi connectivity index (χ1v) is 10.7. The lowest BCUT2D eigenvalue weighted by Gasteiger charge is -2.12. The zero-order valence-corrected chi connectivity index (χ0v) is 17.9. The number of carbonyl (C=O) groups excluding carboxylic acids is 1. The van der Waals surface area contributed by atoms with Gasteiger partial charge in [-0.15, -0.1) is 11.3 Å². The quantitative estimate of drug-likeness (QED) is 0.272. The van der Waals surface area contributed by atoms with E-state index in [0.717, 1.165) is 25.3 Å². The smallest absolute Gasteiger partial charge is 0.290 e. The van der Waals surface area contributed by atoms with Crippen LogP contribution in [0.3, 0.4) is 0 Å². The van der Waals surface area contributed by atoms with Crippen LogP contribution in [0.4, 0.5) is 5.13 Å². The second-order valence-electron chi connectivity index (χ2n) is 5.71. The van der Waals surface area contributed by atoms with E-state index >= 15 is 0 Å². The monoisotopic (exact) mass is 471 g/mol. The van der Waals surface area contributed by atoms with Crippen molar-refractivity contribution < 1.29 is 9.53 Å². The van der Waals surface area contributed by atoms with Crippen LogP contribution in [0.2, 0.25) is 0 Å². The molecule has 0 atom stereocenters. The van der Waals surface area contributed by atoms with Crippen LogP contribution in [0, 0.1) is 0 Å². The molecule has 4 aromatic rings. The lowest BCUT2D eigenvalue weighted by molar-refractivity contribution is 0.0991. The molecule has 28 heavy (non-hydrogen) atoms. The Balaban J connectivity index is 1.75. The topological polar surface area (TPSA) is 54.8 Å². The molecule has 2 heterocycles. The highest BCUT2D eigenvalue weighted by Gasteiger charge is 2.22. The van der Waals surface area contributed by atoms with Crippen LogP contribution >= 0.6 is 38.6 Å². The number of methoxy groups -OCH3 is 1. The van der Waals surface area contributed by atoms with Gasteiger partial charge in [0.05, 0.1) is 32.2 Å². The Bertz CT molecular complexity index is 1150. The number of aromatic nitrogens is 1. The number of anilines is 1. The van der Waals surface area contributed by atoms with Crippen molar-refractivity contribution in [3.05, 3.63) is 74.9 Å². The minimum atomic E-state index is -0.228. The highest BCUT2D eigenvalue weighted by Crippen LogP contribution is 2.33. The molecule has 0 radical (unpaired) electrons. The first kappa shape index (κ1) is 18.8. The summed E-state index contributed by atoms with van der Waals surface area (Å²) in [5.74, 6) is 0.518. The molecule has 0 bridgehead atoms. The number of hydrogen-bond donors (Lipinski definition) is 0. The van der Waals surface area contributed by atoms with Crippen molar-refractivity contribution in [3.63, 3.8) is 0 Å². The Morgan fingerprint density at radius 2 is 1.96 bits per heavy atom. The SMILES string of the molecule is COc1ccc2nc(N(/N=C/c3ccccc3)C(=O)c3ccc(Br)s3)sc2c1. The maximum Gasteiger partial charge on any atom is 0.290 e. The predicted octanol–water partition coefficient (Wildman–Crippen LogP) is 5.81. The van der Waals surface area contributed by atoms with Gasteiger partial charge in [0.2, 0.25) is 5.13 Å². The number of nitrogens with zero attached hydrogens (tertiary/aromatic N) is 3. The average Bonchev–Trinajstić information content (AvgIpc) is 3.34. The number of halogens is 1. The molecule has 0 unspecified atom stereocenters. The maximum atomic E-state index is 13.1. The number of hydrazone groups is 1. The van der Waals surface area contributed by atoms with Gasteiger partial charge in [-0.05, 0) is 51.8 Å². The lowest BCUT2D eigenvalue weighted by Crippen LogP contribution is -2.24. The van der Waals surface area contributed by atoms with Crippen molar-refractivity contribution >= 4 is 66.1 Å². The number of ether oxygens (including phenoxy) is 1. The summed E-state index contributed by atoms with van der Waals surface area (Å²) in [6, 6.07) is 18.9. The molecule has 0 saturated carbocycles. The Morgan fingerprint density at radius 1 is 1.14 bits per heavy atom. The van der Waals surface area contributed by atoms with Crippen molar-refractivity contribution in [2.45, 2.75) is 0 Å². The number of rotatable bonds is 5. The number of fused-ring (bicyclic) bond motifs is 1. The van der Waals surface area contributed by atoms with Gasteiger partial charge in [0.15, 0.2) is 0 Å². The van der Waals surface area contributed by atoms with Crippen molar-refractivity contribution in [2.24, 2.45) is 5.10 Å². The Labute approximate surface area is 178 Å². The fourth-order valence-corrected chi connectivity index (χ4v) is 4.76. The number of carbonyl (C=O) groups is 1. The molecule has 0 aliphatic carbocycles. The van der Waals surface area contributed by atoms with E-state index in [1.165, 1.54) is 27.7 Å². The molecule has 0 aliphatic rings. The van der Waals surface area contributed by atoms with E-state index in [2.05, 4.69) is 26.0 Å². The number of amides is 1. The summed E-state index contributed by atoms with van der Waals surface area (Å²) in [6.07, 6.45) is 1.66. The van der Waals surface area contributed by atoms with E-state index in [1.54, 1.807) is 19.4 Å². The van der Waals surface area contributed by atoms with Crippen LogP contribution in [0.5, 0.6) is 5.75 Å². The van der Waals surface area contributed by atoms with Gasteiger partial charge in [-0.2, -0.15) is 10.1 Å². The Kier molecular flexibility index (Phi) is 5.52. The Morgan fingerprint density at radius 3 is 2.68 bits per heavy atom. The van der Waals surface area contributed by atoms with Crippen molar-refractivity contribution in [1.82, 2.24) is 4.98 Å². The summed E-state index contributed by atoms with van der Waals surface area (Å²) < 4.78 is 7.09.